The number of anilines is 1. The van der Waals surface area contributed by atoms with Gasteiger partial charge in [0.2, 0.25) is 6.79 Å². The summed E-state index contributed by atoms with van der Waals surface area (Å²) in [6, 6.07) is 9.70. The number of aryl methyl sites for hydroxylation is 1. The Morgan fingerprint density at radius 2 is 2.04 bits per heavy atom. The SMILES string of the molecule is Cc1nc(-c2ccccn2)nc(NCc2cc(Br)c3c(c2)OCO3)c1C. The van der Waals surface area contributed by atoms with Crippen molar-refractivity contribution < 1.29 is 9.47 Å². The van der Waals surface area contributed by atoms with Crippen molar-refractivity contribution in [3.05, 3.63) is 57.8 Å². The summed E-state index contributed by atoms with van der Waals surface area (Å²) in [6.07, 6.45) is 1.74. The van der Waals surface area contributed by atoms with Crippen molar-refractivity contribution in [1.82, 2.24) is 15.0 Å². The zero-order chi connectivity index (χ0) is 18.1. The molecule has 132 valence electrons. The van der Waals surface area contributed by atoms with Gasteiger partial charge in [-0.05, 0) is 59.6 Å². The molecule has 0 bridgehead atoms. The van der Waals surface area contributed by atoms with Crippen molar-refractivity contribution in [2.45, 2.75) is 20.4 Å². The molecule has 0 aliphatic carbocycles. The summed E-state index contributed by atoms with van der Waals surface area (Å²) in [5.74, 6) is 2.91. The minimum atomic E-state index is 0.252. The van der Waals surface area contributed by atoms with Gasteiger partial charge < -0.3 is 14.8 Å². The second-order valence-electron chi connectivity index (χ2n) is 5.99. The smallest absolute Gasteiger partial charge is 0.231 e. The van der Waals surface area contributed by atoms with Crippen LogP contribution in [0.3, 0.4) is 0 Å². The molecule has 3 heterocycles. The number of rotatable bonds is 4. The number of hydrogen-bond acceptors (Lipinski definition) is 6. The topological polar surface area (TPSA) is 69.2 Å². The number of halogens is 1. The Bertz CT molecular complexity index is 963. The van der Waals surface area contributed by atoms with Gasteiger partial charge >= 0.3 is 0 Å². The highest BCUT2D eigenvalue weighted by atomic mass is 79.9. The van der Waals surface area contributed by atoms with E-state index in [1.54, 1.807) is 6.20 Å². The van der Waals surface area contributed by atoms with Gasteiger partial charge in [0, 0.05) is 24.0 Å². The van der Waals surface area contributed by atoms with Crippen LogP contribution in [0, 0.1) is 13.8 Å². The summed E-state index contributed by atoms with van der Waals surface area (Å²) < 4.78 is 11.8. The van der Waals surface area contributed by atoms with Crippen molar-refractivity contribution in [3.63, 3.8) is 0 Å². The molecule has 0 radical (unpaired) electrons. The lowest BCUT2D eigenvalue weighted by Gasteiger charge is -2.13. The van der Waals surface area contributed by atoms with Crippen molar-refractivity contribution in [2.24, 2.45) is 0 Å². The van der Waals surface area contributed by atoms with Crippen LogP contribution in [-0.2, 0) is 6.54 Å². The standard InChI is InChI=1S/C19H17BrN4O2/c1-11-12(2)23-19(15-5-3-4-6-21-15)24-18(11)22-9-13-7-14(20)17-16(8-13)25-10-26-17/h3-8H,9-10H2,1-2H3,(H,22,23,24). The van der Waals surface area contributed by atoms with Crippen molar-refractivity contribution in [2.75, 3.05) is 12.1 Å². The van der Waals surface area contributed by atoms with E-state index in [4.69, 9.17) is 9.47 Å². The lowest BCUT2D eigenvalue weighted by atomic mass is 10.2. The van der Waals surface area contributed by atoms with Crippen LogP contribution in [0.25, 0.3) is 11.5 Å². The molecule has 1 aliphatic rings. The Morgan fingerprint density at radius 1 is 1.15 bits per heavy atom. The van der Waals surface area contributed by atoms with E-state index in [1.165, 1.54) is 0 Å². The molecule has 0 fully saturated rings. The zero-order valence-corrected chi connectivity index (χ0v) is 16.0. The third kappa shape index (κ3) is 3.22. The van der Waals surface area contributed by atoms with E-state index in [0.717, 1.165) is 44.3 Å². The number of pyridine rings is 1. The Balaban J connectivity index is 1.60. The van der Waals surface area contributed by atoms with E-state index in [2.05, 4.69) is 36.2 Å². The number of nitrogens with zero attached hydrogens (tertiary/aromatic N) is 3. The largest absolute Gasteiger partial charge is 0.454 e. The van der Waals surface area contributed by atoms with Crippen LogP contribution in [0.1, 0.15) is 16.8 Å². The predicted molar refractivity (Wildman–Crippen MR) is 102 cm³/mol. The van der Waals surface area contributed by atoms with Gasteiger partial charge in [-0.2, -0.15) is 0 Å². The Hall–Kier alpha value is -2.67. The van der Waals surface area contributed by atoms with Gasteiger partial charge in [-0.3, -0.25) is 4.98 Å². The Labute approximate surface area is 159 Å². The van der Waals surface area contributed by atoms with Crippen LogP contribution in [-0.4, -0.2) is 21.7 Å². The third-order valence-corrected chi connectivity index (χ3v) is 4.82. The molecule has 7 heteroatoms. The van der Waals surface area contributed by atoms with Crippen LogP contribution >= 0.6 is 15.9 Å². The second kappa shape index (κ2) is 6.92. The molecule has 1 aliphatic heterocycles. The van der Waals surface area contributed by atoms with Gasteiger partial charge in [0.05, 0.1) is 4.47 Å². The van der Waals surface area contributed by atoms with Crippen LogP contribution < -0.4 is 14.8 Å². The molecule has 0 spiro atoms. The van der Waals surface area contributed by atoms with E-state index in [1.807, 2.05) is 44.2 Å². The van der Waals surface area contributed by atoms with Crippen LogP contribution in [0.15, 0.2) is 41.0 Å². The average molecular weight is 413 g/mol. The lowest BCUT2D eigenvalue weighted by molar-refractivity contribution is 0.173. The minimum absolute atomic E-state index is 0.252. The highest BCUT2D eigenvalue weighted by molar-refractivity contribution is 9.10. The number of nitrogens with one attached hydrogen (secondary N) is 1. The predicted octanol–water partition coefficient (Wildman–Crippen LogP) is 4.26. The molecule has 1 N–H and O–H groups in total. The normalized spacial score (nSPS) is 12.3. The number of fused-ring (bicyclic) bond motifs is 1. The first kappa shape index (κ1) is 16.8. The van der Waals surface area contributed by atoms with Gasteiger partial charge in [-0.25, -0.2) is 9.97 Å². The van der Waals surface area contributed by atoms with Crippen molar-refractivity contribution in [1.29, 1.82) is 0 Å². The maximum absolute atomic E-state index is 5.48. The monoisotopic (exact) mass is 412 g/mol. The molecule has 3 aromatic rings. The van der Waals surface area contributed by atoms with Crippen molar-refractivity contribution >= 4 is 21.7 Å². The van der Waals surface area contributed by atoms with Crippen LogP contribution in [0.4, 0.5) is 5.82 Å². The fraction of sp³-hybridized carbons (Fsp3) is 0.211. The fourth-order valence-electron chi connectivity index (χ4n) is 2.72. The molecule has 0 unspecified atom stereocenters. The average Bonchev–Trinajstić information content (AvgIpc) is 3.13. The zero-order valence-electron chi connectivity index (χ0n) is 14.4. The number of aromatic nitrogens is 3. The number of benzene rings is 1. The van der Waals surface area contributed by atoms with Gasteiger partial charge in [-0.15, -0.1) is 0 Å². The first-order valence-electron chi connectivity index (χ1n) is 8.20. The van der Waals surface area contributed by atoms with E-state index in [-0.39, 0.29) is 6.79 Å². The lowest BCUT2D eigenvalue weighted by Crippen LogP contribution is -2.07. The summed E-state index contributed by atoms with van der Waals surface area (Å²) >= 11 is 3.53. The minimum Gasteiger partial charge on any atom is -0.454 e. The molecule has 0 saturated heterocycles. The summed E-state index contributed by atoms with van der Waals surface area (Å²) in [5.41, 5.74) is 3.76. The van der Waals surface area contributed by atoms with E-state index < -0.39 is 0 Å². The van der Waals surface area contributed by atoms with Gasteiger partial charge in [0.25, 0.3) is 0 Å². The number of hydrogen-bond donors (Lipinski definition) is 1. The molecule has 6 nitrogen and oxygen atoms in total. The summed E-state index contributed by atoms with van der Waals surface area (Å²) in [6.45, 7) is 4.85. The van der Waals surface area contributed by atoms with Gasteiger partial charge in [0.15, 0.2) is 17.3 Å². The summed E-state index contributed by atoms with van der Waals surface area (Å²) in [5, 5.41) is 3.40. The fourth-order valence-corrected chi connectivity index (χ4v) is 3.32. The molecule has 1 aromatic carbocycles. The quantitative estimate of drug-likeness (QED) is 0.690. The summed E-state index contributed by atoms with van der Waals surface area (Å²) in [7, 11) is 0. The molecular formula is C19H17BrN4O2. The van der Waals surface area contributed by atoms with E-state index >= 15 is 0 Å². The molecule has 2 aromatic heterocycles. The maximum Gasteiger partial charge on any atom is 0.231 e. The Morgan fingerprint density at radius 3 is 2.85 bits per heavy atom. The third-order valence-electron chi connectivity index (χ3n) is 4.23. The molecular weight excluding hydrogens is 396 g/mol. The molecule has 0 saturated carbocycles. The maximum atomic E-state index is 5.48. The summed E-state index contributed by atoms with van der Waals surface area (Å²) in [4.78, 5) is 13.6. The van der Waals surface area contributed by atoms with Gasteiger partial charge in [0.1, 0.15) is 11.5 Å². The van der Waals surface area contributed by atoms with E-state index in [9.17, 15) is 0 Å². The van der Waals surface area contributed by atoms with E-state index in [0.29, 0.717) is 12.4 Å². The van der Waals surface area contributed by atoms with Crippen molar-refractivity contribution in [3.8, 4) is 23.0 Å². The van der Waals surface area contributed by atoms with Crippen LogP contribution in [0.2, 0.25) is 0 Å². The van der Waals surface area contributed by atoms with Gasteiger partial charge in [-0.1, -0.05) is 6.07 Å². The molecule has 26 heavy (non-hydrogen) atoms. The highest BCUT2D eigenvalue weighted by Gasteiger charge is 2.18. The molecule has 0 amide bonds. The first-order chi connectivity index (χ1) is 12.6. The Kier molecular flexibility index (Phi) is 4.46. The molecule has 4 rings (SSSR count). The number of ether oxygens (including phenoxy) is 2. The molecule has 0 atom stereocenters. The highest BCUT2D eigenvalue weighted by Crippen LogP contribution is 2.40. The second-order valence-corrected chi connectivity index (χ2v) is 6.84. The first-order valence-corrected chi connectivity index (χ1v) is 8.99. The van der Waals surface area contributed by atoms with Crippen LogP contribution in [0.5, 0.6) is 11.5 Å².